The summed E-state index contributed by atoms with van der Waals surface area (Å²) < 4.78 is 1.40. The van der Waals surface area contributed by atoms with Gasteiger partial charge in [0, 0.05) is 26.2 Å². The fourth-order valence-electron chi connectivity index (χ4n) is 2.23. The van der Waals surface area contributed by atoms with Gasteiger partial charge in [0.25, 0.3) is 0 Å². The van der Waals surface area contributed by atoms with Crippen LogP contribution in [0.25, 0.3) is 0 Å². The SMILES string of the molecule is Cc1cn(CC(O)N2CCN(C)CC2)c([N+](=O)[O-])n1. The molecular formula is C11H19N5O3. The maximum absolute atomic E-state index is 10.9. The molecule has 2 rings (SSSR count). The van der Waals surface area contributed by atoms with Crippen LogP contribution in [0.15, 0.2) is 6.20 Å². The van der Waals surface area contributed by atoms with Crippen LogP contribution in [0.2, 0.25) is 0 Å². The highest BCUT2D eigenvalue weighted by Crippen LogP contribution is 2.13. The summed E-state index contributed by atoms with van der Waals surface area (Å²) in [5, 5.41) is 21.0. The molecule has 0 saturated carbocycles. The molecule has 1 N–H and O–H groups in total. The molecular weight excluding hydrogens is 250 g/mol. The van der Waals surface area contributed by atoms with E-state index in [1.165, 1.54) is 4.57 Å². The molecule has 0 aromatic carbocycles. The van der Waals surface area contributed by atoms with E-state index in [1.807, 2.05) is 11.9 Å². The van der Waals surface area contributed by atoms with Crippen LogP contribution in [0, 0.1) is 17.0 Å². The normalized spacial score (nSPS) is 19.5. The van der Waals surface area contributed by atoms with Crippen LogP contribution < -0.4 is 0 Å². The van der Waals surface area contributed by atoms with E-state index in [2.05, 4.69) is 9.88 Å². The number of aromatic nitrogens is 2. The first-order valence-corrected chi connectivity index (χ1v) is 6.26. The first-order valence-electron chi connectivity index (χ1n) is 6.26. The highest BCUT2D eigenvalue weighted by molar-refractivity contribution is 5.13. The second kappa shape index (κ2) is 5.64. The third kappa shape index (κ3) is 3.28. The molecule has 19 heavy (non-hydrogen) atoms. The molecule has 106 valence electrons. The van der Waals surface area contributed by atoms with E-state index in [0.29, 0.717) is 5.69 Å². The molecule has 1 aliphatic rings. The van der Waals surface area contributed by atoms with Crippen molar-refractivity contribution in [2.24, 2.45) is 0 Å². The standard InChI is InChI=1S/C11H19N5O3/c1-9-7-15(11(12-9)16(18)19)8-10(17)14-5-3-13(2)4-6-14/h7,10,17H,3-6,8H2,1-2H3. The summed E-state index contributed by atoms with van der Waals surface area (Å²) in [4.78, 5) is 18.3. The second-order valence-electron chi connectivity index (χ2n) is 4.91. The number of likely N-dealkylation sites (N-methyl/N-ethyl adjacent to an activating group) is 1. The number of rotatable bonds is 4. The zero-order chi connectivity index (χ0) is 14.0. The zero-order valence-electron chi connectivity index (χ0n) is 11.2. The van der Waals surface area contributed by atoms with Crippen molar-refractivity contribution in [2.45, 2.75) is 19.7 Å². The van der Waals surface area contributed by atoms with Gasteiger partial charge in [0.05, 0.1) is 0 Å². The van der Waals surface area contributed by atoms with Gasteiger partial charge < -0.3 is 20.1 Å². The largest absolute Gasteiger partial charge is 0.434 e. The van der Waals surface area contributed by atoms with E-state index in [1.54, 1.807) is 13.1 Å². The Bertz CT molecular complexity index is 453. The van der Waals surface area contributed by atoms with Crippen molar-refractivity contribution in [3.63, 3.8) is 0 Å². The van der Waals surface area contributed by atoms with Crippen molar-refractivity contribution in [3.05, 3.63) is 22.0 Å². The predicted octanol–water partition coefficient (Wildman–Crippen LogP) is -0.334. The van der Waals surface area contributed by atoms with Crippen molar-refractivity contribution >= 4 is 5.95 Å². The summed E-state index contributed by atoms with van der Waals surface area (Å²) in [6, 6.07) is 0. The molecule has 1 fully saturated rings. The third-order valence-corrected chi connectivity index (χ3v) is 3.36. The lowest BCUT2D eigenvalue weighted by atomic mass is 10.3. The summed E-state index contributed by atoms with van der Waals surface area (Å²) in [5.41, 5.74) is 0.581. The minimum atomic E-state index is -0.721. The van der Waals surface area contributed by atoms with Crippen molar-refractivity contribution in [1.29, 1.82) is 0 Å². The minimum Gasteiger partial charge on any atom is -0.390 e. The van der Waals surface area contributed by atoms with E-state index >= 15 is 0 Å². The first kappa shape index (κ1) is 13.9. The Labute approximate surface area is 111 Å². The van der Waals surface area contributed by atoms with Gasteiger partial charge in [-0.2, -0.15) is 0 Å². The van der Waals surface area contributed by atoms with Gasteiger partial charge in [-0.3, -0.25) is 4.90 Å². The average Bonchev–Trinajstić information content (AvgIpc) is 2.71. The topological polar surface area (TPSA) is 87.7 Å². The molecule has 1 aromatic heterocycles. The predicted molar refractivity (Wildman–Crippen MR) is 68.7 cm³/mol. The summed E-state index contributed by atoms with van der Waals surface area (Å²) >= 11 is 0. The number of aryl methyl sites for hydroxylation is 1. The zero-order valence-corrected chi connectivity index (χ0v) is 11.2. The Balaban J connectivity index is 2.02. The molecule has 1 aliphatic heterocycles. The van der Waals surface area contributed by atoms with Crippen LogP contribution in [-0.4, -0.2) is 68.8 Å². The van der Waals surface area contributed by atoms with Gasteiger partial charge in [-0.1, -0.05) is 4.98 Å². The van der Waals surface area contributed by atoms with Crippen molar-refractivity contribution in [3.8, 4) is 0 Å². The Morgan fingerprint density at radius 2 is 2.11 bits per heavy atom. The number of imidazole rings is 1. The molecule has 1 atom stereocenters. The first-order chi connectivity index (χ1) is 8.97. The molecule has 1 unspecified atom stereocenters. The lowest BCUT2D eigenvalue weighted by Gasteiger charge is -2.34. The van der Waals surface area contributed by atoms with Crippen molar-refractivity contribution < 1.29 is 10.0 Å². The van der Waals surface area contributed by atoms with Gasteiger partial charge >= 0.3 is 5.95 Å². The van der Waals surface area contributed by atoms with Crippen LogP contribution in [0.5, 0.6) is 0 Å². The second-order valence-corrected chi connectivity index (χ2v) is 4.91. The molecule has 1 saturated heterocycles. The van der Waals surface area contributed by atoms with Crippen LogP contribution >= 0.6 is 0 Å². The fourth-order valence-corrected chi connectivity index (χ4v) is 2.23. The molecule has 0 radical (unpaired) electrons. The summed E-state index contributed by atoms with van der Waals surface area (Å²) in [5.74, 6) is -0.217. The molecule has 0 amide bonds. The monoisotopic (exact) mass is 269 g/mol. The van der Waals surface area contributed by atoms with Crippen LogP contribution in [0.3, 0.4) is 0 Å². The fraction of sp³-hybridized carbons (Fsp3) is 0.727. The number of hydrogen-bond donors (Lipinski definition) is 1. The molecule has 0 spiro atoms. The Morgan fingerprint density at radius 3 is 2.68 bits per heavy atom. The van der Waals surface area contributed by atoms with Crippen molar-refractivity contribution in [1.82, 2.24) is 19.4 Å². The molecule has 8 heteroatoms. The van der Waals surface area contributed by atoms with E-state index in [-0.39, 0.29) is 12.5 Å². The number of aliphatic hydroxyl groups is 1. The van der Waals surface area contributed by atoms with Crippen molar-refractivity contribution in [2.75, 3.05) is 33.2 Å². The lowest BCUT2D eigenvalue weighted by Crippen LogP contribution is -2.50. The van der Waals surface area contributed by atoms with Gasteiger partial charge in [-0.25, -0.2) is 4.57 Å². The number of hydrogen-bond acceptors (Lipinski definition) is 6. The number of nitro groups is 1. The van der Waals surface area contributed by atoms with Gasteiger partial charge in [0.2, 0.25) is 0 Å². The van der Waals surface area contributed by atoms with Gasteiger partial charge in [0.1, 0.15) is 24.7 Å². The number of aliphatic hydroxyl groups excluding tert-OH is 1. The Hall–Kier alpha value is -1.51. The average molecular weight is 269 g/mol. The number of piperazine rings is 1. The van der Waals surface area contributed by atoms with E-state index in [4.69, 9.17) is 0 Å². The van der Waals surface area contributed by atoms with Gasteiger partial charge in [0.15, 0.2) is 0 Å². The Kier molecular flexibility index (Phi) is 4.13. The molecule has 1 aromatic rings. The summed E-state index contributed by atoms with van der Waals surface area (Å²) in [7, 11) is 2.04. The summed E-state index contributed by atoms with van der Waals surface area (Å²) in [6.45, 7) is 5.18. The highest BCUT2D eigenvalue weighted by Gasteiger charge is 2.25. The maximum atomic E-state index is 10.9. The van der Waals surface area contributed by atoms with E-state index in [0.717, 1.165) is 26.2 Å². The van der Waals surface area contributed by atoms with Gasteiger partial charge in [-0.05, 0) is 18.9 Å². The third-order valence-electron chi connectivity index (χ3n) is 3.36. The molecule has 0 aliphatic carbocycles. The quantitative estimate of drug-likeness (QED) is 0.594. The molecule has 0 bridgehead atoms. The smallest absolute Gasteiger partial charge is 0.390 e. The van der Waals surface area contributed by atoms with Crippen LogP contribution in [0.4, 0.5) is 5.95 Å². The van der Waals surface area contributed by atoms with E-state index in [9.17, 15) is 15.2 Å². The highest BCUT2D eigenvalue weighted by atomic mass is 16.6. The minimum absolute atomic E-state index is 0.168. The number of nitrogens with zero attached hydrogens (tertiary/aromatic N) is 5. The van der Waals surface area contributed by atoms with Crippen LogP contribution in [-0.2, 0) is 6.54 Å². The lowest BCUT2D eigenvalue weighted by molar-refractivity contribution is -0.397. The van der Waals surface area contributed by atoms with E-state index < -0.39 is 11.2 Å². The van der Waals surface area contributed by atoms with Gasteiger partial charge in [-0.15, -0.1) is 0 Å². The summed E-state index contributed by atoms with van der Waals surface area (Å²) in [6.07, 6.45) is 0.873. The molecule has 2 heterocycles. The van der Waals surface area contributed by atoms with Crippen LogP contribution in [0.1, 0.15) is 5.69 Å². The molecule has 8 nitrogen and oxygen atoms in total. The Morgan fingerprint density at radius 1 is 1.47 bits per heavy atom. The maximum Gasteiger partial charge on any atom is 0.434 e.